The van der Waals surface area contributed by atoms with Crippen LogP contribution in [0.1, 0.15) is 52.4 Å². The maximum absolute atomic E-state index is 13.7. The highest BCUT2D eigenvalue weighted by atomic mass is 19.4. The number of alkyl halides is 4. The Hall–Kier alpha value is -0.280. The average Bonchev–Trinajstić information content (AvgIpc) is 2.10. The minimum atomic E-state index is -4.17. The van der Waals surface area contributed by atoms with Crippen LogP contribution in [0.25, 0.3) is 0 Å². The molecule has 0 spiro atoms. The average molecular weight is 240 g/mol. The standard InChI is InChI=1S/C12H20F4/c1-3-5-10(12(14,15)16)9-6-4-7-11(2,13)8-9/h9-10H,3-8H2,1-2H3. The van der Waals surface area contributed by atoms with E-state index < -0.39 is 23.7 Å². The van der Waals surface area contributed by atoms with Crippen LogP contribution in [-0.2, 0) is 0 Å². The third-order valence-corrected chi connectivity index (χ3v) is 3.55. The minimum Gasteiger partial charge on any atom is -0.244 e. The van der Waals surface area contributed by atoms with Crippen molar-refractivity contribution in [3.8, 4) is 0 Å². The van der Waals surface area contributed by atoms with Gasteiger partial charge in [0.25, 0.3) is 0 Å². The van der Waals surface area contributed by atoms with Gasteiger partial charge in [0.05, 0.1) is 5.92 Å². The Morgan fingerprint density at radius 3 is 2.44 bits per heavy atom. The van der Waals surface area contributed by atoms with Gasteiger partial charge in [0.2, 0.25) is 0 Å². The van der Waals surface area contributed by atoms with Crippen LogP contribution in [0.3, 0.4) is 0 Å². The summed E-state index contributed by atoms with van der Waals surface area (Å²) in [5, 5.41) is 0. The summed E-state index contributed by atoms with van der Waals surface area (Å²) < 4.78 is 52.2. The Morgan fingerprint density at radius 1 is 1.38 bits per heavy atom. The Morgan fingerprint density at radius 2 is 2.00 bits per heavy atom. The van der Waals surface area contributed by atoms with E-state index in [0.717, 1.165) is 0 Å². The first-order chi connectivity index (χ1) is 7.26. The first-order valence-electron chi connectivity index (χ1n) is 6.02. The van der Waals surface area contributed by atoms with Gasteiger partial charge in [0.15, 0.2) is 0 Å². The summed E-state index contributed by atoms with van der Waals surface area (Å²) in [6.45, 7) is 3.18. The lowest BCUT2D eigenvalue weighted by molar-refractivity contribution is -0.197. The monoisotopic (exact) mass is 240 g/mol. The second kappa shape index (κ2) is 4.92. The lowest BCUT2D eigenvalue weighted by atomic mass is 9.73. The van der Waals surface area contributed by atoms with E-state index in [1.54, 1.807) is 6.92 Å². The van der Waals surface area contributed by atoms with Crippen LogP contribution < -0.4 is 0 Å². The first-order valence-corrected chi connectivity index (χ1v) is 6.02. The SMILES string of the molecule is CCCC(C1CCCC(C)(F)C1)C(F)(F)F. The van der Waals surface area contributed by atoms with Crippen LogP contribution in [0.4, 0.5) is 17.6 Å². The van der Waals surface area contributed by atoms with E-state index in [9.17, 15) is 17.6 Å². The molecule has 0 heterocycles. The molecule has 96 valence electrons. The van der Waals surface area contributed by atoms with Crippen LogP contribution in [-0.4, -0.2) is 11.8 Å². The Bertz CT molecular complexity index is 220. The molecule has 1 saturated carbocycles. The van der Waals surface area contributed by atoms with Crippen LogP contribution in [0.5, 0.6) is 0 Å². The molecule has 1 fully saturated rings. The van der Waals surface area contributed by atoms with Crippen LogP contribution in [0.2, 0.25) is 0 Å². The summed E-state index contributed by atoms with van der Waals surface area (Å²) >= 11 is 0. The summed E-state index contributed by atoms with van der Waals surface area (Å²) in [6, 6.07) is 0. The number of hydrogen-bond acceptors (Lipinski definition) is 0. The van der Waals surface area contributed by atoms with Crippen molar-refractivity contribution in [2.75, 3.05) is 0 Å². The first kappa shape index (κ1) is 13.8. The maximum Gasteiger partial charge on any atom is 0.392 e. The number of rotatable bonds is 3. The van der Waals surface area contributed by atoms with Crippen LogP contribution >= 0.6 is 0 Å². The molecule has 3 unspecified atom stereocenters. The Labute approximate surface area is 94.4 Å². The fourth-order valence-electron chi connectivity index (χ4n) is 2.80. The molecular formula is C12H20F4. The summed E-state index contributed by atoms with van der Waals surface area (Å²) in [7, 11) is 0. The Balaban J connectivity index is 2.71. The van der Waals surface area contributed by atoms with E-state index in [1.807, 2.05) is 0 Å². The molecule has 0 aromatic rings. The molecule has 4 heteroatoms. The predicted octanol–water partition coefficient (Wildman–Crippen LogP) is 4.88. The number of halogens is 4. The van der Waals surface area contributed by atoms with E-state index in [2.05, 4.69) is 0 Å². The van der Waals surface area contributed by atoms with Crippen molar-refractivity contribution >= 4 is 0 Å². The minimum absolute atomic E-state index is 0.0666. The lowest BCUT2D eigenvalue weighted by Crippen LogP contribution is -2.37. The molecule has 0 amide bonds. The second-order valence-corrected chi connectivity index (χ2v) is 5.21. The van der Waals surface area contributed by atoms with E-state index >= 15 is 0 Å². The van der Waals surface area contributed by atoms with Gasteiger partial charge in [-0.3, -0.25) is 0 Å². The largest absolute Gasteiger partial charge is 0.392 e. The zero-order chi connectivity index (χ0) is 12.4. The number of hydrogen-bond donors (Lipinski definition) is 0. The molecule has 1 rings (SSSR count). The van der Waals surface area contributed by atoms with Gasteiger partial charge in [-0.25, -0.2) is 4.39 Å². The van der Waals surface area contributed by atoms with E-state index in [1.165, 1.54) is 6.92 Å². The molecule has 0 aromatic heterocycles. The molecule has 3 atom stereocenters. The van der Waals surface area contributed by atoms with Gasteiger partial charge in [-0.1, -0.05) is 13.3 Å². The highest BCUT2D eigenvalue weighted by molar-refractivity contribution is 4.88. The molecule has 0 aromatic carbocycles. The highest BCUT2D eigenvalue weighted by Crippen LogP contribution is 2.45. The van der Waals surface area contributed by atoms with Crippen molar-refractivity contribution < 1.29 is 17.6 Å². The van der Waals surface area contributed by atoms with E-state index in [0.29, 0.717) is 25.7 Å². The summed E-state index contributed by atoms with van der Waals surface area (Å²) in [5.41, 5.74) is -1.40. The van der Waals surface area contributed by atoms with Crippen molar-refractivity contribution in [2.24, 2.45) is 11.8 Å². The smallest absolute Gasteiger partial charge is 0.244 e. The highest BCUT2D eigenvalue weighted by Gasteiger charge is 2.47. The zero-order valence-electron chi connectivity index (χ0n) is 9.91. The van der Waals surface area contributed by atoms with Crippen LogP contribution in [0, 0.1) is 11.8 Å². The molecule has 0 nitrogen and oxygen atoms in total. The van der Waals surface area contributed by atoms with Gasteiger partial charge in [-0.05, 0) is 44.9 Å². The zero-order valence-corrected chi connectivity index (χ0v) is 9.91. The molecular weight excluding hydrogens is 220 g/mol. The molecule has 0 radical (unpaired) electrons. The van der Waals surface area contributed by atoms with Crippen molar-refractivity contribution in [1.29, 1.82) is 0 Å². The van der Waals surface area contributed by atoms with Crippen molar-refractivity contribution in [3.05, 3.63) is 0 Å². The van der Waals surface area contributed by atoms with Gasteiger partial charge in [0, 0.05) is 0 Å². The van der Waals surface area contributed by atoms with Crippen molar-refractivity contribution in [1.82, 2.24) is 0 Å². The van der Waals surface area contributed by atoms with Gasteiger partial charge < -0.3 is 0 Å². The van der Waals surface area contributed by atoms with Gasteiger partial charge >= 0.3 is 6.18 Å². The lowest BCUT2D eigenvalue weighted by Gasteiger charge is -2.37. The molecule has 1 aliphatic rings. The fourth-order valence-corrected chi connectivity index (χ4v) is 2.80. The topological polar surface area (TPSA) is 0 Å². The van der Waals surface area contributed by atoms with Gasteiger partial charge in [0.1, 0.15) is 5.67 Å². The third kappa shape index (κ3) is 3.63. The van der Waals surface area contributed by atoms with Crippen molar-refractivity contribution in [3.63, 3.8) is 0 Å². The quantitative estimate of drug-likeness (QED) is 0.616. The van der Waals surface area contributed by atoms with E-state index in [-0.39, 0.29) is 12.8 Å². The van der Waals surface area contributed by atoms with Gasteiger partial charge in [-0.2, -0.15) is 13.2 Å². The van der Waals surface area contributed by atoms with Crippen LogP contribution in [0.15, 0.2) is 0 Å². The second-order valence-electron chi connectivity index (χ2n) is 5.21. The normalized spacial score (nSPS) is 33.8. The van der Waals surface area contributed by atoms with Gasteiger partial charge in [-0.15, -0.1) is 0 Å². The molecule has 0 N–H and O–H groups in total. The van der Waals surface area contributed by atoms with E-state index in [4.69, 9.17) is 0 Å². The summed E-state index contributed by atoms with van der Waals surface area (Å²) in [6.07, 6.45) is -1.98. The molecule has 0 saturated heterocycles. The summed E-state index contributed by atoms with van der Waals surface area (Å²) in [4.78, 5) is 0. The Kier molecular flexibility index (Phi) is 4.24. The third-order valence-electron chi connectivity index (χ3n) is 3.55. The van der Waals surface area contributed by atoms with Crippen molar-refractivity contribution in [2.45, 2.75) is 64.2 Å². The summed E-state index contributed by atoms with van der Waals surface area (Å²) in [5.74, 6) is -1.84. The molecule has 0 bridgehead atoms. The predicted molar refractivity (Wildman–Crippen MR) is 55.9 cm³/mol. The maximum atomic E-state index is 13.7. The molecule has 16 heavy (non-hydrogen) atoms. The molecule has 0 aliphatic heterocycles. The molecule has 1 aliphatic carbocycles. The fraction of sp³-hybridized carbons (Fsp3) is 1.00.